The van der Waals surface area contributed by atoms with Crippen LogP contribution >= 0.6 is 11.3 Å². The minimum absolute atomic E-state index is 0.0137. The van der Waals surface area contributed by atoms with E-state index in [9.17, 15) is 14.4 Å². The summed E-state index contributed by atoms with van der Waals surface area (Å²) < 4.78 is 4.86. The van der Waals surface area contributed by atoms with E-state index in [0.29, 0.717) is 17.8 Å². The van der Waals surface area contributed by atoms with Gasteiger partial charge in [-0.25, -0.2) is 0 Å². The number of ketones is 1. The van der Waals surface area contributed by atoms with Gasteiger partial charge in [-0.2, -0.15) is 0 Å². The number of piperidine rings is 1. The van der Waals surface area contributed by atoms with E-state index in [0.717, 1.165) is 0 Å². The maximum Gasteiger partial charge on any atom is 0.316 e. The number of likely N-dealkylation sites (tertiary alicyclic amines) is 1. The van der Waals surface area contributed by atoms with Crippen molar-refractivity contribution in [2.24, 2.45) is 5.92 Å². The van der Waals surface area contributed by atoms with Gasteiger partial charge < -0.3 is 9.64 Å². The van der Waals surface area contributed by atoms with Crippen LogP contribution in [0.15, 0.2) is 17.5 Å². The average molecular weight is 281 g/mol. The lowest BCUT2D eigenvalue weighted by Crippen LogP contribution is -2.46. The summed E-state index contributed by atoms with van der Waals surface area (Å²) in [6.45, 7) is 2.37. The minimum atomic E-state index is -0.715. The van der Waals surface area contributed by atoms with Gasteiger partial charge in [0.2, 0.25) is 0 Å². The molecule has 1 saturated heterocycles. The van der Waals surface area contributed by atoms with Crippen molar-refractivity contribution in [1.29, 1.82) is 0 Å². The molecule has 6 heteroatoms. The number of nitrogens with zero attached hydrogens (tertiary/aromatic N) is 1. The van der Waals surface area contributed by atoms with Gasteiger partial charge in [-0.15, -0.1) is 11.3 Å². The van der Waals surface area contributed by atoms with Gasteiger partial charge in [0, 0.05) is 6.54 Å². The van der Waals surface area contributed by atoms with Crippen molar-refractivity contribution in [3.63, 3.8) is 0 Å². The van der Waals surface area contributed by atoms with Crippen molar-refractivity contribution in [1.82, 2.24) is 4.90 Å². The van der Waals surface area contributed by atoms with E-state index in [1.54, 1.807) is 19.1 Å². The lowest BCUT2D eigenvalue weighted by molar-refractivity contribution is -0.153. The monoisotopic (exact) mass is 281 g/mol. The van der Waals surface area contributed by atoms with Gasteiger partial charge in [0.15, 0.2) is 5.78 Å². The van der Waals surface area contributed by atoms with Gasteiger partial charge in [0.25, 0.3) is 5.91 Å². The lowest BCUT2D eigenvalue weighted by Gasteiger charge is -2.29. The van der Waals surface area contributed by atoms with Gasteiger partial charge in [0.1, 0.15) is 5.92 Å². The standard InChI is InChI=1S/C13H15NO4S/c1-2-18-13(17)9-5-6-14(8-10(9)15)12(16)11-4-3-7-19-11/h3-4,7,9H,2,5-6,8H2,1H3. The lowest BCUT2D eigenvalue weighted by atomic mass is 9.95. The molecule has 1 aliphatic heterocycles. The molecule has 0 saturated carbocycles. The number of amides is 1. The van der Waals surface area contributed by atoms with E-state index >= 15 is 0 Å². The Morgan fingerprint density at radius 1 is 1.53 bits per heavy atom. The molecule has 1 aliphatic rings. The topological polar surface area (TPSA) is 63.7 Å². The third-order valence-corrected chi connectivity index (χ3v) is 3.87. The molecule has 0 N–H and O–H groups in total. The summed E-state index contributed by atoms with van der Waals surface area (Å²) in [5.74, 6) is -1.58. The largest absolute Gasteiger partial charge is 0.465 e. The summed E-state index contributed by atoms with van der Waals surface area (Å²) in [6, 6.07) is 3.53. The van der Waals surface area contributed by atoms with Crippen LogP contribution in [0.3, 0.4) is 0 Å². The molecule has 1 atom stereocenters. The molecule has 0 radical (unpaired) electrons. The molecular formula is C13H15NO4S. The Hall–Kier alpha value is -1.69. The van der Waals surface area contributed by atoms with E-state index in [4.69, 9.17) is 4.74 Å². The number of thiophene rings is 1. The quantitative estimate of drug-likeness (QED) is 0.619. The summed E-state index contributed by atoms with van der Waals surface area (Å²) >= 11 is 1.35. The molecule has 1 aromatic heterocycles. The Bertz CT molecular complexity index is 483. The fourth-order valence-electron chi connectivity index (χ4n) is 2.04. The fourth-order valence-corrected chi connectivity index (χ4v) is 2.74. The van der Waals surface area contributed by atoms with Crippen LogP contribution in [0.25, 0.3) is 0 Å². The second-order valence-corrected chi connectivity index (χ2v) is 5.21. The Morgan fingerprint density at radius 3 is 2.89 bits per heavy atom. The third-order valence-electron chi connectivity index (χ3n) is 3.01. The zero-order valence-electron chi connectivity index (χ0n) is 10.6. The summed E-state index contributed by atoms with van der Waals surface area (Å²) in [4.78, 5) is 37.7. The van der Waals surface area contributed by atoms with E-state index in [-0.39, 0.29) is 24.8 Å². The number of rotatable bonds is 3. The molecule has 2 rings (SSSR count). The van der Waals surface area contributed by atoms with Crippen LogP contribution in [0.2, 0.25) is 0 Å². The first-order valence-corrected chi connectivity index (χ1v) is 7.03. The molecule has 0 bridgehead atoms. The van der Waals surface area contributed by atoms with Gasteiger partial charge in [-0.3, -0.25) is 14.4 Å². The molecule has 0 spiro atoms. The second kappa shape index (κ2) is 5.97. The first kappa shape index (κ1) is 13.7. The Morgan fingerprint density at radius 2 is 2.32 bits per heavy atom. The van der Waals surface area contributed by atoms with Crippen LogP contribution in [-0.4, -0.2) is 42.3 Å². The summed E-state index contributed by atoms with van der Waals surface area (Å²) in [7, 11) is 0. The highest BCUT2D eigenvalue weighted by Crippen LogP contribution is 2.19. The normalized spacial score (nSPS) is 19.3. The van der Waals surface area contributed by atoms with Crippen LogP contribution in [0.5, 0.6) is 0 Å². The molecule has 0 aliphatic carbocycles. The van der Waals surface area contributed by atoms with Crippen LogP contribution in [0, 0.1) is 5.92 Å². The molecule has 1 amide bonds. The van der Waals surface area contributed by atoms with E-state index < -0.39 is 11.9 Å². The molecule has 1 fully saturated rings. The highest BCUT2D eigenvalue weighted by atomic mass is 32.1. The molecule has 19 heavy (non-hydrogen) atoms. The number of carbonyl (C=O) groups excluding carboxylic acids is 3. The summed E-state index contributed by atoms with van der Waals surface area (Å²) in [5, 5.41) is 1.82. The number of esters is 1. The smallest absolute Gasteiger partial charge is 0.316 e. The summed E-state index contributed by atoms with van der Waals surface area (Å²) in [5.41, 5.74) is 0. The molecule has 5 nitrogen and oxygen atoms in total. The van der Waals surface area contributed by atoms with Crippen LogP contribution in [-0.2, 0) is 14.3 Å². The zero-order chi connectivity index (χ0) is 13.8. The van der Waals surface area contributed by atoms with Crippen LogP contribution in [0.1, 0.15) is 23.0 Å². The van der Waals surface area contributed by atoms with E-state index in [2.05, 4.69) is 0 Å². The second-order valence-electron chi connectivity index (χ2n) is 4.26. The molecular weight excluding hydrogens is 266 g/mol. The first-order chi connectivity index (χ1) is 9.13. The van der Waals surface area contributed by atoms with Crippen LogP contribution in [0.4, 0.5) is 0 Å². The zero-order valence-corrected chi connectivity index (χ0v) is 11.4. The number of Topliss-reactive ketones (excluding diaryl/α,β-unsaturated/α-hetero) is 1. The highest BCUT2D eigenvalue weighted by Gasteiger charge is 2.35. The number of ether oxygens (including phenoxy) is 1. The van der Waals surface area contributed by atoms with Crippen LogP contribution < -0.4 is 0 Å². The average Bonchev–Trinajstić information content (AvgIpc) is 2.91. The molecule has 102 valence electrons. The van der Waals surface area contributed by atoms with Crippen molar-refractivity contribution in [3.8, 4) is 0 Å². The maximum absolute atomic E-state index is 12.1. The van der Waals surface area contributed by atoms with Gasteiger partial charge in [0.05, 0.1) is 18.0 Å². The Kier molecular flexibility index (Phi) is 4.31. The predicted molar refractivity (Wildman–Crippen MR) is 70.0 cm³/mol. The number of hydrogen-bond acceptors (Lipinski definition) is 5. The highest BCUT2D eigenvalue weighted by molar-refractivity contribution is 7.12. The van der Waals surface area contributed by atoms with Gasteiger partial charge >= 0.3 is 5.97 Å². The number of hydrogen-bond donors (Lipinski definition) is 0. The number of carbonyl (C=O) groups is 3. The van der Waals surface area contributed by atoms with E-state index in [1.165, 1.54) is 16.2 Å². The summed E-state index contributed by atoms with van der Waals surface area (Å²) in [6.07, 6.45) is 0.342. The molecule has 1 unspecified atom stereocenters. The van der Waals surface area contributed by atoms with Crippen molar-refractivity contribution in [2.75, 3.05) is 19.7 Å². The SMILES string of the molecule is CCOC(=O)C1CCN(C(=O)c2cccs2)CC1=O. The Balaban J connectivity index is 1.98. The van der Waals surface area contributed by atoms with E-state index in [1.807, 2.05) is 5.38 Å². The molecule has 0 aromatic carbocycles. The van der Waals surface area contributed by atoms with Crippen molar-refractivity contribution >= 4 is 29.0 Å². The van der Waals surface area contributed by atoms with Gasteiger partial charge in [-0.1, -0.05) is 6.07 Å². The minimum Gasteiger partial charge on any atom is -0.465 e. The fraction of sp³-hybridized carbons (Fsp3) is 0.462. The van der Waals surface area contributed by atoms with Crippen molar-refractivity contribution in [2.45, 2.75) is 13.3 Å². The third kappa shape index (κ3) is 3.01. The predicted octanol–water partition coefficient (Wildman–Crippen LogP) is 1.34. The molecule has 1 aromatic rings. The van der Waals surface area contributed by atoms with Gasteiger partial charge in [-0.05, 0) is 24.8 Å². The maximum atomic E-state index is 12.1. The van der Waals surface area contributed by atoms with Crippen molar-refractivity contribution < 1.29 is 19.1 Å². The Labute approximate surface area is 115 Å². The first-order valence-electron chi connectivity index (χ1n) is 6.15. The molecule has 2 heterocycles. The van der Waals surface area contributed by atoms with Crippen molar-refractivity contribution in [3.05, 3.63) is 22.4 Å².